The lowest BCUT2D eigenvalue weighted by molar-refractivity contribution is -0.139. The van der Waals surface area contributed by atoms with Crippen LogP contribution in [0.15, 0.2) is 0 Å². The van der Waals surface area contributed by atoms with Gasteiger partial charge in [0.2, 0.25) is 0 Å². The first-order valence-corrected chi connectivity index (χ1v) is 5.55. The normalized spacial score (nSPS) is 42.4. The van der Waals surface area contributed by atoms with Crippen molar-refractivity contribution >= 4 is 0 Å². The number of rotatable bonds is 0. The maximum Gasteiger partial charge on any atom is 0.0713 e. The summed E-state index contributed by atoms with van der Waals surface area (Å²) in [5.41, 5.74) is 6.64. The minimum atomic E-state index is -0.219. The summed E-state index contributed by atoms with van der Waals surface area (Å²) in [6, 6.07) is 0. The number of hydrogen-bond acceptors (Lipinski definition) is 2. The molecule has 1 saturated heterocycles. The van der Waals surface area contributed by atoms with Crippen LogP contribution in [0.2, 0.25) is 0 Å². The molecule has 0 aliphatic carbocycles. The maximum absolute atomic E-state index is 6.46. The highest BCUT2D eigenvalue weighted by Crippen LogP contribution is 2.54. The van der Waals surface area contributed by atoms with E-state index in [1.807, 2.05) is 0 Å². The van der Waals surface area contributed by atoms with Crippen LogP contribution in [0.1, 0.15) is 41.5 Å². The van der Waals surface area contributed by atoms with Crippen LogP contribution < -0.4 is 5.73 Å². The Kier molecular flexibility index (Phi) is 2.53. The molecule has 2 N–H and O–H groups in total. The van der Waals surface area contributed by atoms with Crippen molar-refractivity contribution < 1.29 is 0 Å². The van der Waals surface area contributed by atoms with E-state index >= 15 is 0 Å². The molecular weight excluding hydrogens is 172 g/mol. The molecule has 0 saturated carbocycles. The van der Waals surface area contributed by atoms with Crippen LogP contribution in [0.3, 0.4) is 0 Å². The molecule has 84 valence electrons. The highest BCUT2D eigenvalue weighted by molar-refractivity contribution is 5.07. The van der Waals surface area contributed by atoms with Gasteiger partial charge in [-0.25, -0.2) is 0 Å². The van der Waals surface area contributed by atoms with Gasteiger partial charge in [-0.15, -0.1) is 0 Å². The van der Waals surface area contributed by atoms with Gasteiger partial charge in [0.1, 0.15) is 0 Å². The number of hydrogen-bond donors (Lipinski definition) is 1. The maximum atomic E-state index is 6.46. The minimum Gasteiger partial charge on any atom is -0.313 e. The van der Waals surface area contributed by atoms with Gasteiger partial charge in [-0.05, 0) is 25.3 Å². The van der Waals surface area contributed by atoms with Gasteiger partial charge in [0.05, 0.1) is 5.66 Å². The molecule has 2 nitrogen and oxygen atoms in total. The Morgan fingerprint density at radius 1 is 1.14 bits per heavy atom. The van der Waals surface area contributed by atoms with Gasteiger partial charge in [-0.3, -0.25) is 4.90 Å². The van der Waals surface area contributed by atoms with E-state index < -0.39 is 0 Å². The molecule has 0 aromatic rings. The third kappa shape index (κ3) is 1.24. The van der Waals surface area contributed by atoms with E-state index in [2.05, 4.69) is 53.5 Å². The van der Waals surface area contributed by atoms with Crippen LogP contribution in [0, 0.1) is 16.7 Å². The summed E-state index contributed by atoms with van der Waals surface area (Å²) >= 11 is 0. The Bertz CT molecular complexity index is 206. The second kappa shape index (κ2) is 2.96. The van der Waals surface area contributed by atoms with Crippen molar-refractivity contribution in [3.8, 4) is 0 Å². The zero-order valence-corrected chi connectivity index (χ0v) is 10.8. The fraction of sp³-hybridized carbons (Fsp3) is 1.00. The van der Waals surface area contributed by atoms with Gasteiger partial charge < -0.3 is 5.73 Å². The van der Waals surface area contributed by atoms with Gasteiger partial charge in [0, 0.05) is 12.0 Å². The van der Waals surface area contributed by atoms with Crippen molar-refractivity contribution in [1.29, 1.82) is 0 Å². The number of nitrogens with two attached hydrogens (primary N) is 1. The van der Waals surface area contributed by atoms with Gasteiger partial charge in [0.25, 0.3) is 0 Å². The largest absolute Gasteiger partial charge is 0.313 e. The van der Waals surface area contributed by atoms with E-state index in [4.69, 9.17) is 5.73 Å². The summed E-state index contributed by atoms with van der Waals surface area (Å²) in [4.78, 5) is 2.29. The molecule has 0 spiro atoms. The molecule has 0 radical (unpaired) electrons. The molecule has 1 aliphatic heterocycles. The predicted molar refractivity (Wildman–Crippen MR) is 61.9 cm³/mol. The molecule has 1 rings (SSSR count). The molecule has 1 fully saturated rings. The van der Waals surface area contributed by atoms with Gasteiger partial charge in [0.15, 0.2) is 0 Å². The van der Waals surface area contributed by atoms with Crippen LogP contribution in [-0.2, 0) is 0 Å². The average molecular weight is 198 g/mol. The van der Waals surface area contributed by atoms with Gasteiger partial charge >= 0.3 is 0 Å². The van der Waals surface area contributed by atoms with Crippen molar-refractivity contribution in [1.82, 2.24) is 4.90 Å². The average Bonchev–Trinajstić information content (AvgIpc) is 2.01. The van der Waals surface area contributed by atoms with Crippen LogP contribution in [-0.4, -0.2) is 24.2 Å². The lowest BCUT2D eigenvalue weighted by Crippen LogP contribution is -2.71. The molecule has 1 aliphatic rings. The third-order valence-electron chi connectivity index (χ3n) is 5.45. The summed E-state index contributed by atoms with van der Waals surface area (Å²) in [5.74, 6) is 0.680. The topological polar surface area (TPSA) is 29.3 Å². The van der Waals surface area contributed by atoms with Gasteiger partial charge in [-0.2, -0.15) is 0 Å². The van der Waals surface area contributed by atoms with E-state index in [-0.39, 0.29) is 16.5 Å². The summed E-state index contributed by atoms with van der Waals surface area (Å²) in [5, 5.41) is 0. The second-order valence-corrected chi connectivity index (χ2v) is 6.28. The predicted octanol–water partition coefficient (Wildman–Crippen LogP) is 2.30. The van der Waals surface area contributed by atoms with Crippen molar-refractivity contribution in [2.75, 3.05) is 13.6 Å². The third-order valence-corrected chi connectivity index (χ3v) is 5.45. The molecule has 0 amide bonds. The van der Waals surface area contributed by atoms with Crippen molar-refractivity contribution in [3.63, 3.8) is 0 Å². The molecule has 2 heteroatoms. The fourth-order valence-corrected chi connectivity index (χ4v) is 2.57. The number of likely N-dealkylation sites (tertiary alicyclic amines) is 1. The van der Waals surface area contributed by atoms with E-state index in [1.165, 1.54) is 0 Å². The van der Waals surface area contributed by atoms with Crippen molar-refractivity contribution in [2.24, 2.45) is 22.5 Å². The van der Waals surface area contributed by atoms with Crippen LogP contribution in [0.5, 0.6) is 0 Å². The minimum absolute atomic E-state index is 0.117. The van der Waals surface area contributed by atoms with Gasteiger partial charge in [-0.1, -0.05) is 34.6 Å². The van der Waals surface area contributed by atoms with E-state index in [1.54, 1.807) is 0 Å². The Morgan fingerprint density at radius 3 is 2.00 bits per heavy atom. The lowest BCUT2D eigenvalue weighted by atomic mass is 9.53. The first kappa shape index (κ1) is 12.0. The van der Waals surface area contributed by atoms with Crippen LogP contribution >= 0.6 is 0 Å². The monoisotopic (exact) mass is 198 g/mol. The highest BCUT2D eigenvalue weighted by Gasteiger charge is 2.56. The summed E-state index contributed by atoms with van der Waals surface area (Å²) in [6.07, 6.45) is 0. The zero-order valence-electron chi connectivity index (χ0n) is 10.8. The highest BCUT2D eigenvalue weighted by atomic mass is 15.3. The lowest BCUT2D eigenvalue weighted by Gasteiger charge is -2.62. The summed E-state index contributed by atoms with van der Waals surface area (Å²) < 4.78 is 0. The summed E-state index contributed by atoms with van der Waals surface area (Å²) in [6.45, 7) is 14.8. The first-order chi connectivity index (χ1) is 6.05. The molecule has 0 bridgehead atoms. The number of nitrogens with zero attached hydrogens (tertiary/aromatic N) is 1. The molecule has 2 unspecified atom stereocenters. The number of piperidine rings is 1. The molecule has 14 heavy (non-hydrogen) atoms. The van der Waals surface area contributed by atoms with E-state index in [9.17, 15) is 0 Å². The Balaban J connectivity index is 3.17. The Hall–Kier alpha value is -0.0800. The second-order valence-electron chi connectivity index (χ2n) is 6.28. The smallest absolute Gasteiger partial charge is 0.0713 e. The van der Waals surface area contributed by atoms with Crippen molar-refractivity contribution in [2.45, 2.75) is 47.2 Å². The quantitative estimate of drug-likeness (QED) is 0.647. The molecule has 2 atom stereocenters. The standard InChI is InChI=1S/C12H26N2/c1-9-8-14(7)12(6,13)11(4,5)10(9,2)3/h9H,8,13H2,1-7H3. The van der Waals surface area contributed by atoms with E-state index in [0.717, 1.165) is 6.54 Å². The molecule has 0 aromatic carbocycles. The Labute approximate surface area is 88.8 Å². The van der Waals surface area contributed by atoms with Crippen LogP contribution in [0.25, 0.3) is 0 Å². The van der Waals surface area contributed by atoms with E-state index in [0.29, 0.717) is 5.92 Å². The SMILES string of the molecule is CC1CN(C)C(C)(N)C(C)(C)C1(C)C. The van der Waals surface area contributed by atoms with Crippen molar-refractivity contribution in [3.05, 3.63) is 0 Å². The molecule has 0 aromatic heterocycles. The Morgan fingerprint density at radius 2 is 1.57 bits per heavy atom. The first-order valence-electron chi connectivity index (χ1n) is 5.55. The fourth-order valence-electron chi connectivity index (χ4n) is 2.57. The van der Waals surface area contributed by atoms with Crippen LogP contribution in [0.4, 0.5) is 0 Å². The molecule has 1 heterocycles. The molecular formula is C12H26N2. The summed E-state index contributed by atoms with van der Waals surface area (Å²) in [7, 11) is 2.13. The zero-order chi connectivity index (χ0) is 11.4.